The molecule has 2 aromatic rings. The van der Waals surface area contributed by atoms with Crippen LogP contribution in [0.15, 0.2) is 24.3 Å². The predicted molar refractivity (Wildman–Crippen MR) is 126 cm³/mol. The van der Waals surface area contributed by atoms with Crippen molar-refractivity contribution in [3.05, 3.63) is 47.0 Å². The Morgan fingerprint density at radius 2 is 0.946 bits per heavy atom. The molecule has 0 radical (unpaired) electrons. The van der Waals surface area contributed by atoms with Gasteiger partial charge < -0.3 is 40.2 Å². The number of hydrogen-bond acceptors (Lipinski definition) is 5. The van der Waals surface area contributed by atoms with E-state index in [4.69, 9.17) is 0 Å². The van der Waals surface area contributed by atoms with E-state index in [1.54, 1.807) is 12.1 Å². The number of aryl methyl sites for hydroxylation is 2. The Labute approximate surface area is 214 Å². The molecular weight excluding hydrogens is 486 g/mol. The number of carbonyl (C=O) groups is 3. The van der Waals surface area contributed by atoms with Crippen LogP contribution in [0.25, 0.3) is 0 Å². The Kier molecular flexibility index (Phi) is 11.2. The number of rotatable bonds is 16. The number of aromatic hydroxyl groups is 2. The Morgan fingerprint density at radius 3 is 1.30 bits per heavy atom. The first-order valence-corrected chi connectivity index (χ1v) is 12.0. The lowest BCUT2D eigenvalue weighted by molar-refractivity contribution is -0.982. The Balaban J connectivity index is 2.10. The molecule has 13 nitrogen and oxygen atoms in total. The third-order valence-electron chi connectivity index (χ3n) is 6.02. The monoisotopic (exact) mass is 524 g/mol. The van der Waals surface area contributed by atoms with E-state index in [1.807, 2.05) is 13.8 Å². The minimum Gasteiger partial charge on any atom is -0.502 e. The lowest BCUT2D eigenvalue weighted by Crippen LogP contribution is -3.23. The number of nitrogens with one attached hydrogen (secondary N) is 5. The summed E-state index contributed by atoms with van der Waals surface area (Å²) in [5, 5.41) is 48.4. The summed E-state index contributed by atoms with van der Waals surface area (Å²) in [6, 6.07) is 6.47. The van der Waals surface area contributed by atoms with Gasteiger partial charge in [0.1, 0.15) is 26.2 Å². The highest BCUT2D eigenvalue weighted by Crippen LogP contribution is 2.10. The molecule has 0 aliphatic rings. The fourth-order valence-corrected chi connectivity index (χ4v) is 4.20. The van der Waals surface area contributed by atoms with Gasteiger partial charge in [0.2, 0.25) is 0 Å². The maximum atomic E-state index is 11.5. The fraction of sp³-hybridized carbons (Fsp3) is 0.458. The molecule has 0 saturated carbocycles. The summed E-state index contributed by atoms with van der Waals surface area (Å²) in [7, 11) is 0. The molecule has 0 aliphatic heterocycles. The summed E-state index contributed by atoms with van der Waals surface area (Å²) < 4.78 is 0. The minimum atomic E-state index is -1.02. The van der Waals surface area contributed by atoms with E-state index >= 15 is 0 Å². The summed E-state index contributed by atoms with van der Waals surface area (Å²) in [4.78, 5) is 42.4. The molecule has 2 rings (SSSR count). The number of quaternary nitrogens is 3. The van der Waals surface area contributed by atoms with Crippen molar-refractivity contribution in [3.8, 4) is 11.5 Å². The van der Waals surface area contributed by atoms with Crippen molar-refractivity contribution in [1.82, 2.24) is 0 Å². The molecule has 37 heavy (non-hydrogen) atoms. The topological polar surface area (TPSA) is 194 Å². The van der Waals surface area contributed by atoms with Crippen molar-refractivity contribution >= 4 is 17.9 Å². The van der Waals surface area contributed by atoms with Gasteiger partial charge in [-0.3, -0.25) is 0 Å². The van der Waals surface area contributed by atoms with Gasteiger partial charge in [0, 0.05) is 26.0 Å². The second-order valence-corrected chi connectivity index (χ2v) is 9.33. The molecule has 0 bridgehead atoms. The Morgan fingerprint density at radius 1 is 0.622 bits per heavy atom. The first-order valence-electron chi connectivity index (χ1n) is 12.0. The van der Waals surface area contributed by atoms with Gasteiger partial charge in [-0.1, -0.05) is 0 Å². The molecule has 13 heteroatoms. The smallest absolute Gasteiger partial charge is 0.359 e. The number of hydrogen-bond donors (Lipinski definition) is 8. The Hall–Kier alpha value is -3.81. The van der Waals surface area contributed by atoms with Gasteiger partial charge in [-0.2, -0.15) is 0 Å². The second-order valence-electron chi connectivity index (χ2n) is 9.33. The van der Waals surface area contributed by atoms with Crippen LogP contribution in [0.1, 0.15) is 22.8 Å². The maximum absolute atomic E-state index is 11.5. The van der Waals surface area contributed by atoms with Crippen molar-refractivity contribution in [3.63, 3.8) is 0 Å². The van der Waals surface area contributed by atoms with Crippen LogP contribution < -0.4 is 24.7 Å². The van der Waals surface area contributed by atoms with Crippen LogP contribution in [0.4, 0.5) is 0 Å². The maximum Gasteiger partial charge on any atom is 0.359 e. The van der Waals surface area contributed by atoms with E-state index in [-0.39, 0.29) is 44.2 Å². The van der Waals surface area contributed by atoms with Gasteiger partial charge in [0.25, 0.3) is 11.4 Å². The van der Waals surface area contributed by atoms with Crippen LogP contribution in [0, 0.1) is 13.8 Å². The van der Waals surface area contributed by atoms with Gasteiger partial charge >= 0.3 is 17.9 Å². The highest BCUT2D eigenvalue weighted by atomic mass is 16.4. The van der Waals surface area contributed by atoms with Crippen LogP contribution in [0.2, 0.25) is 0 Å². The van der Waals surface area contributed by atoms with E-state index in [0.717, 1.165) is 11.4 Å². The minimum absolute atomic E-state index is 0.0207. The van der Waals surface area contributed by atoms with E-state index in [9.17, 15) is 39.9 Å². The number of carboxylic acid groups (broad SMARTS) is 3. The zero-order chi connectivity index (χ0) is 27.5. The van der Waals surface area contributed by atoms with Crippen LogP contribution in [-0.4, -0.2) is 89.3 Å². The van der Waals surface area contributed by atoms with Crippen LogP contribution in [0.3, 0.4) is 0 Å². The number of aromatic nitrogens is 2. The van der Waals surface area contributed by atoms with Crippen LogP contribution in [-0.2, 0) is 27.5 Å². The molecule has 0 saturated heterocycles. The van der Waals surface area contributed by atoms with Gasteiger partial charge in [-0.25, -0.2) is 24.4 Å². The zero-order valence-corrected chi connectivity index (χ0v) is 21.1. The van der Waals surface area contributed by atoms with Crippen molar-refractivity contribution in [2.45, 2.75) is 26.9 Å². The summed E-state index contributed by atoms with van der Waals surface area (Å²) in [6.07, 6.45) is 0. The molecule has 0 aromatic carbocycles. The quantitative estimate of drug-likeness (QED) is 0.107. The lowest BCUT2D eigenvalue weighted by atomic mass is 10.2. The molecule has 2 heterocycles. The van der Waals surface area contributed by atoms with Crippen LogP contribution in [0.5, 0.6) is 11.5 Å². The molecule has 0 spiro atoms. The molecular formula is C24H38N5O8+5. The molecule has 0 fully saturated rings. The van der Waals surface area contributed by atoms with Gasteiger partial charge in [0.05, 0.1) is 0 Å². The van der Waals surface area contributed by atoms with Crippen molar-refractivity contribution in [2.75, 3.05) is 45.8 Å². The number of carboxylic acids is 3. The number of aromatic amines is 2. The van der Waals surface area contributed by atoms with E-state index in [1.165, 1.54) is 12.1 Å². The second kappa shape index (κ2) is 14.1. The number of aliphatic carboxylic acids is 3. The molecule has 2 atom stereocenters. The average molecular weight is 525 g/mol. The lowest BCUT2D eigenvalue weighted by Gasteiger charge is -2.23. The summed E-state index contributed by atoms with van der Waals surface area (Å²) in [5.74, 6) is -3.02. The van der Waals surface area contributed by atoms with Crippen LogP contribution >= 0.6 is 0 Å². The predicted octanol–water partition coefficient (Wildman–Crippen LogP) is -5.05. The Bertz CT molecular complexity index is 1020. The first-order chi connectivity index (χ1) is 17.4. The van der Waals surface area contributed by atoms with Gasteiger partial charge in [-0.15, -0.1) is 0 Å². The first kappa shape index (κ1) is 29.4. The molecule has 0 aliphatic carbocycles. The molecule has 2 aromatic heterocycles. The normalized spacial score (nSPS) is 13.6. The zero-order valence-electron chi connectivity index (χ0n) is 21.1. The number of pyridine rings is 2. The largest absolute Gasteiger partial charge is 0.502 e. The van der Waals surface area contributed by atoms with Gasteiger partial charge in [0.15, 0.2) is 55.6 Å². The molecule has 202 valence electrons. The fourth-order valence-electron chi connectivity index (χ4n) is 4.20. The molecule has 0 amide bonds. The van der Waals surface area contributed by atoms with E-state index in [2.05, 4.69) is 9.97 Å². The van der Waals surface area contributed by atoms with E-state index in [0.29, 0.717) is 52.3 Å². The van der Waals surface area contributed by atoms with E-state index < -0.39 is 17.9 Å². The summed E-state index contributed by atoms with van der Waals surface area (Å²) >= 11 is 0. The summed E-state index contributed by atoms with van der Waals surface area (Å²) in [5.41, 5.74) is 2.59. The molecule has 10 N–H and O–H groups in total. The molecule has 2 unspecified atom stereocenters. The van der Waals surface area contributed by atoms with Crippen molar-refractivity contribution < 1.29 is 64.6 Å². The third-order valence-corrected chi connectivity index (χ3v) is 6.02. The average Bonchev–Trinajstić information content (AvgIpc) is 2.79. The van der Waals surface area contributed by atoms with Gasteiger partial charge in [-0.05, 0) is 12.1 Å². The highest BCUT2D eigenvalue weighted by Gasteiger charge is 2.26. The van der Waals surface area contributed by atoms with Crippen molar-refractivity contribution in [1.29, 1.82) is 0 Å². The third kappa shape index (κ3) is 10.8. The highest BCUT2D eigenvalue weighted by molar-refractivity contribution is 5.68. The summed E-state index contributed by atoms with van der Waals surface area (Å²) in [6.45, 7) is 4.67. The van der Waals surface area contributed by atoms with Crippen molar-refractivity contribution in [2.24, 2.45) is 0 Å². The standard InChI is InChI=1S/C24H33N5O8/c1-16-3-5-20(30)18(25-16)11-28(14-23(34)35)9-7-27(13-22(32)33)8-10-29(15-24(36)37)12-19-21(31)6-4-17(2)26-19/h3-6,30-31H,7-15H2,1-2H3,(H,32,33)(H,34,35)(H,36,37)/p+5. The SMILES string of the molecule is Cc1ccc(O)c(C[NH+](CC[NH+](CC[NH+](CC(=O)O)Cc2[nH+]c(C)ccc2O)CC(=O)O)CC(=O)O)[nH+]1. The number of H-pyrrole nitrogens is 2.